The number of thioether (sulfide) groups is 1. The summed E-state index contributed by atoms with van der Waals surface area (Å²) in [5.41, 5.74) is 2.71. The maximum absolute atomic E-state index is 13.4. The first-order chi connectivity index (χ1) is 15.0. The molecule has 2 heterocycles. The molecule has 8 nitrogen and oxygen atoms in total. The monoisotopic (exact) mass is 437 g/mol. The Balaban J connectivity index is 1.85. The molecule has 0 saturated heterocycles. The molecule has 1 unspecified atom stereocenters. The Kier molecular flexibility index (Phi) is 5.85. The SMILES string of the molecule is COc1ccc(C2C(C(=O)Nc3ccccc3)=C(C)Nc3nc(SC)nn32)c(OC)c1. The third kappa shape index (κ3) is 3.96. The number of nitrogens with zero attached hydrogens (tertiary/aromatic N) is 3. The molecule has 1 aromatic heterocycles. The average Bonchev–Trinajstić information content (AvgIpc) is 3.21. The highest BCUT2D eigenvalue weighted by Crippen LogP contribution is 2.41. The fourth-order valence-corrected chi connectivity index (χ4v) is 3.91. The van der Waals surface area contributed by atoms with Gasteiger partial charge in [0, 0.05) is 23.0 Å². The molecule has 1 amide bonds. The average molecular weight is 438 g/mol. The number of fused-ring (bicyclic) bond motifs is 1. The number of hydrogen-bond donors (Lipinski definition) is 2. The first-order valence-electron chi connectivity index (χ1n) is 9.62. The largest absolute Gasteiger partial charge is 0.497 e. The van der Waals surface area contributed by atoms with Crippen molar-refractivity contribution in [1.82, 2.24) is 14.8 Å². The van der Waals surface area contributed by atoms with E-state index in [1.165, 1.54) is 11.8 Å². The Hall–Kier alpha value is -3.46. The minimum absolute atomic E-state index is 0.231. The van der Waals surface area contributed by atoms with Crippen LogP contribution in [0.1, 0.15) is 18.5 Å². The van der Waals surface area contributed by atoms with Gasteiger partial charge in [-0.3, -0.25) is 4.79 Å². The van der Waals surface area contributed by atoms with E-state index >= 15 is 0 Å². The summed E-state index contributed by atoms with van der Waals surface area (Å²) < 4.78 is 12.7. The van der Waals surface area contributed by atoms with Gasteiger partial charge in [0.2, 0.25) is 11.1 Å². The van der Waals surface area contributed by atoms with Crippen LogP contribution in [0.25, 0.3) is 0 Å². The summed E-state index contributed by atoms with van der Waals surface area (Å²) in [5.74, 6) is 1.59. The number of carbonyl (C=O) groups excluding carboxylic acids is 1. The van der Waals surface area contributed by atoms with Crippen LogP contribution in [-0.2, 0) is 4.79 Å². The molecule has 4 rings (SSSR count). The Morgan fingerprint density at radius 1 is 1.16 bits per heavy atom. The number of methoxy groups -OCH3 is 2. The lowest BCUT2D eigenvalue weighted by Gasteiger charge is -2.29. The van der Waals surface area contributed by atoms with Gasteiger partial charge >= 0.3 is 0 Å². The van der Waals surface area contributed by atoms with Crippen LogP contribution in [0, 0.1) is 0 Å². The number of aromatic nitrogens is 3. The number of anilines is 2. The van der Waals surface area contributed by atoms with E-state index in [0.717, 1.165) is 5.56 Å². The summed E-state index contributed by atoms with van der Waals surface area (Å²) >= 11 is 1.44. The van der Waals surface area contributed by atoms with Crippen molar-refractivity contribution in [2.75, 3.05) is 31.1 Å². The van der Waals surface area contributed by atoms with Crippen molar-refractivity contribution in [3.63, 3.8) is 0 Å². The molecule has 9 heteroatoms. The van der Waals surface area contributed by atoms with Gasteiger partial charge in [0.05, 0.1) is 19.8 Å². The number of allylic oxidation sites excluding steroid dienone is 1. The summed E-state index contributed by atoms with van der Waals surface area (Å²) in [6.45, 7) is 1.86. The summed E-state index contributed by atoms with van der Waals surface area (Å²) in [7, 11) is 3.19. The van der Waals surface area contributed by atoms with E-state index in [1.54, 1.807) is 25.0 Å². The first-order valence-corrected chi connectivity index (χ1v) is 10.8. The molecule has 0 saturated carbocycles. The van der Waals surface area contributed by atoms with Crippen LogP contribution in [0.4, 0.5) is 11.6 Å². The molecule has 160 valence electrons. The minimum atomic E-state index is -0.533. The number of rotatable bonds is 6. The summed E-state index contributed by atoms with van der Waals surface area (Å²) in [5, 5.41) is 11.4. The molecule has 0 radical (unpaired) electrons. The van der Waals surface area contributed by atoms with Crippen LogP contribution in [0.3, 0.4) is 0 Å². The maximum Gasteiger partial charge on any atom is 0.255 e. The fourth-order valence-electron chi connectivity index (χ4n) is 3.56. The van der Waals surface area contributed by atoms with Crippen LogP contribution < -0.4 is 20.1 Å². The molecule has 31 heavy (non-hydrogen) atoms. The van der Waals surface area contributed by atoms with Crippen molar-refractivity contribution >= 4 is 29.3 Å². The van der Waals surface area contributed by atoms with Crippen LogP contribution in [0.15, 0.2) is 65.0 Å². The van der Waals surface area contributed by atoms with Crippen LogP contribution in [0.2, 0.25) is 0 Å². The number of amides is 1. The third-order valence-corrected chi connectivity index (χ3v) is 5.57. The van der Waals surface area contributed by atoms with Crippen molar-refractivity contribution in [3.8, 4) is 11.5 Å². The topological polar surface area (TPSA) is 90.3 Å². The van der Waals surface area contributed by atoms with Crippen LogP contribution in [-0.4, -0.2) is 41.1 Å². The van der Waals surface area contributed by atoms with Crippen molar-refractivity contribution in [2.24, 2.45) is 0 Å². The lowest BCUT2D eigenvalue weighted by atomic mass is 9.94. The van der Waals surface area contributed by atoms with E-state index in [0.29, 0.717) is 39.6 Å². The molecule has 0 aliphatic carbocycles. The Labute approximate surface area is 184 Å². The molecule has 2 N–H and O–H groups in total. The zero-order valence-corrected chi connectivity index (χ0v) is 18.5. The summed E-state index contributed by atoms with van der Waals surface area (Å²) in [6, 6.07) is 14.3. The van der Waals surface area contributed by atoms with Crippen LogP contribution in [0.5, 0.6) is 11.5 Å². The highest BCUT2D eigenvalue weighted by Gasteiger charge is 2.36. The van der Waals surface area contributed by atoms with Gasteiger partial charge in [-0.25, -0.2) is 4.68 Å². The van der Waals surface area contributed by atoms with E-state index in [-0.39, 0.29) is 5.91 Å². The number of ether oxygens (including phenoxy) is 2. The second-order valence-electron chi connectivity index (χ2n) is 6.86. The predicted molar refractivity (Wildman–Crippen MR) is 121 cm³/mol. The highest BCUT2D eigenvalue weighted by molar-refractivity contribution is 7.98. The fraction of sp³-hybridized carbons (Fsp3) is 0.227. The second-order valence-corrected chi connectivity index (χ2v) is 7.63. The smallest absolute Gasteiger partial charge is 0.255 e. The van der Waals surface area contributed by atoms with Gasteiger partial charge in [-0.15, -0.1) is 5.10 Å². The zero-order valence-electron chi connectivity index (χ0n) is 17.7. The number of benzene rings is 2. The third-order valence-electron chi connectivity index (χ3n) is 5.03. The summed E-state index contributed by atoms with van der Waals surface area (Å²) in [6.07, 6.45) is 1.91. The van der Waals surface area contributed by atoms with Crippen molar-refractivity contribution in [2.45, 2.75) is 18.1 Å². The van der Waals surface area contributed by atoms with E-state index in [4.69, 9.17) is 9.47 Å². The van der Waals surface area contributed by atoms with E-state index in [1.807, 2.05) is 55.6 Å². The number of hydrogen-bond acceptors (Lipinski definition) is 7. The number of nitrogens with one attached hydrogen (secondary N) is 2. The van der Waals surface area contributed by atoms with E-state index < -0.39 is 6.04 Å². The Morgan fingerprint density at radius 2 is 1.94 bits per heavy atom. The standard InChI is InChI=1S/C22H23N5O3S/c1-13-18(20(28)24-14-8-6-5-7-9-14)19(27-21(23-13)25-22(26-27)31-4)16-11-10-15(29-2)12-17(16)30-3/h5-12,19H,1-4H3,(H,24,28)(H,23,25,26). The van der Waals surface area contributed by atoms with Crippen molar-refractivity contribution < 1.29 is 14.3 Å². The highest BCUT2D eigenvalue weighted by atomic mass is 32.2. The maximum atomic E-state index is 13.4. The molecule has 2 aromatic carbocycles. The first kappa shape index (κ1) is 20.8. The molecule has 0 fully saturated rings. The van der Waals surface area contributed by atoms with Gasteiger partial charge in [0.1, 0.15) is 17.5 Å². The predicted octanol–water partition coefficient (Wildman–Crippen LogP) is 3.94. The normalized spacial score (nSPS) is 15.2. The van der Waals surface area contributed by atoms with Crippen LogP contribution >= 0.6 is 11.8 Å². The molecule has 1 aliphatic rings. The Morgan fingerprint density at radius 3 is 2.61 bits per heavy atom. The van der Waals surface area contributed by atoms with Gasteiger partial charge in [0.15, 0.2) is 0 Å². The molecule has 0 bridgehead atoms. The molecular weight excluding hydrogens is 414 g/mol. The second kappa shape index (κ2) is 8.73. The lowest BCUT2D eigenvalue weighted by Crippen LogP contribution is -2.31. The number of para-hydroxylation sites is 1. The number of carbonyl (C=O) groups is 1. The van der Waals surface area contributed by atoms with Crippen molar-refractivity contribution in [3.05, 3.63) is 65.4 Å². The van der Waals surface area contributed by atoms with Gasteiger partial charge in [-0.05, 0) is 37.4 Å². The van der Waals surface area contributed by atoms with Crippen molar-refractivity contribution in [1.29, 1.82) is 0 Å². The quantitative estimate of drug-likeness (QED) is 0.565. The molecule has 1 aliphatic heterocycles. The van der Waals surface area contributed by atoms with Gasteiger partial charge in [-0.2, -0.15) is 4.98 Å². The van der Waals surface area contributed by atoms with E-state index in [2.05, 4.69) is 20.7 Å². The lowest BCUT2D eigenvalue weighted by molar-refractivity contribution is -0.113. The van der Waals surface area contributed by atoms with E-state index in [9.17, 15) is 4.79 Å². The molecule has 1 atom stereocenters. The molecule has 0 spiro atoms. The molecule has 3 aromatic rings. The van der Waals surface area contributed by atoms with Gasteiger partial charge in [-0.1, -0.05) is 30.0 Å². The van der Waals surface area contributed by atoms with Gasteiger partial charge in [0.25, 0.3) is 5.91 Å². The Bertz CT molecular complexity index is 1140. The van der Waals surface area contributed by atoms with Gasteiger partial charge < -0.3 is 20.1 Å². The zero-order chi connectivity index (χ0) is 22.0. The minimum Gasteiger partial charge on any atom is -0.497 e. The molecular formula is C22H23N5O3S. The summed E-state index contributed by atoms with van der Waals surface area (Å²) in [4.78, 5) is 18.0.